The summed E-state index contributed by atoms with van der Waals surface area (Å²) >= 11 is 6.04. The lowest BCUT2D eigenvalue weighted by atomic mass is 10.2. The normalized spacial score (nSPS) is 10.1. The number of hydrogen-bond donors (Lipinski definition) is 2. The Kier molecular flexibility index (Phi) is 3.94. The maximum Gasteiger partial charge on any atom is 0.236 e. The van der Waals surface area contributed by atoms with Crippen LogP contribution in [0.4, 0.5) is 5.69 Å². The van der Waals surface area contributed by atoms with Crippen LogP contribution in [0.2, 0.25) is 5.02 Å². The number of carbonyl (C=O) groups excluding carboxylic acids is 1. The molecule has 0 heterocycles. The summed E-state index contributed by atoms with van der Waals surface area (Å²) < 4.78 is 0. The van der Waals surface area contributed by atoms with E-state index in [4.69, 9.17) is 23.1 Å². The number of hydrogen-bond acceptors (Lipinski definition) is 3. The summed E-state index contributed by atoms with van der Waals surface area (Å²) in [5.74, 6) is -0.392. The number of carbonyl (C=O) groups is 1. The molecule has 4 nitrogen and oxygen atoms in total. The first kappa shape index (κ1) is 11.8. The fraction of sp³-hybridized carbons (Fsp3) is 0.300. The van der Waals surface area contributed by atoms with Gasteiger partial charge in [-0.15, -0.1) is 0 Å². The van der Waals surface area contributed by atoms with Crippen LogP contribution in [0, 0.1) is 0 Å². The molecular formula is C10H14ClN3O. The van der Waals surface area contributed by atoms with E-state index in [0.29, 0.717) is 11.6 Å². The van der Waals surface area contributed by atoms with Crippen LogP contribution in [-0.4, -0.2) is 19.5 Å². The Bertz CT molecular complexity index is 368. The highest BCUT2D eigenvalue weighted by atomic mass is 35.5. The smallest absolute Gasteiger partial charge is 0.236 e. The van der Waals surface area contributed by atoms with Crippen molar-refractivity contribution in [2.24, 2.45) is 11.5 Å². The van der Waals surface area contributed by atoms with Crippen molar-refractivity contribution in [1.29, 1.82) is 0 Å². The monoisotopic (exact) mass is 227 g/mol. The Labute approximate surface area is 93.8 Å². The van der Waals surface area contributed by atoms with Gasteiger partial charge in [0.25, 0.3) is 0 Å². The molecule has 0 aliphatic carbocycles. The summed E-state index contributed by atoms with van der Waals surface area (Å²) in [5.41, 5.74) is 12.3. The van der Waals surface area contributed by atoms with Crippen molar-refractivity contribution in [3.8, 4) is 0 Å². The third-order valence-electron chi connectivity index (χ3n) is 2.05. The third-order valence-corrected chi connectivity index (χ3v) is 2.35. The van der Waals surface area contributed by atoms with Gasteiger partial charge in [0.15, 0.2) is 0 Å². The molecule has 0 aliphatic heterocycles. The molecule has 0 radical (unpaired) electrons. The second-order valence-electron chi connectivity index (χ2n) is 3.31. The number of halogens is 1. The Balaban J connectivity index is 2.90. The Hall–Kier alpha value is -1.26. The third kappa shape index (κ3) is 3.11. The van der Waals surface area contributed by atoms with E-state index >= 15 is 0 Å². The van der Waals surface area contributed by atoms with Crippen LogP contribution in [-0.2, 0) is 11.3 Å². The molecule has 0 aromatic heterocycles. The highest BCUT2D eigenvalue weighted by Crippen LogP contribution is 2.25. The number of anilines is 1. The van der Waals surface area contributed by atoms with Crippen LogP contribution in [0.5, 0.6) is 0 Å². The SMILES string of the molecule is CN(CC(N)=O)c1ccc(CN)cc1Cl. The van der Waals surface area contributed by atoms with Crippen molar-refractivity contribution in [2.45, 2.75) is 6.54 Å². The van der Waals surface area contributed by atoms with E-state index in [1.807, 2.05) is 12.1 Å². The van der Waals surface area contributed by atoms with E-state index in [1.165, 1.54) is 0 Å². The van der Waals surface area contributed by atoms with Gasteiger partial charge in [0, 0.05) is 13.6 Å². The Morgan fingerprint density at radius 3 is 2.67 bits per heavy atom. The number of amides is 1. The van der Waals surface area contributed by atoms with Gasteiger partial charge < -0.3 is 16.4 Å². The predicted molar refractivity (Wildman–Crippen MR) is 61.8 cm³/mol. The number of primary amides is 1. The molecule has 15 heavy (non-hydrogen) atoms. The van der Waals surface area contributed by atoms with Crippen LogP contribution in [0.15, 0.2) is 18.2 Å². The molecular weight excluding hydrogens is 214 g/mol. The largest absolute Gasteiger partial charge is 0.368 e. The van der Waals surface area contributed by atoms with Crippen LogP contribution < -0.4 is 16.4 Å². The van der Waals surface area contributed by atoms with Crippen molar-refractivity contribution >= 4 is 23.2 Å². The van der Waals surface area contributed by atoms with E-state index in [2.05, 4.69) is 0 Å². The van der Waals surface area contributed by atoms with Crippen molar-refractivity contribution in [3.05, 3.63) is 28.8 Å². The standard InChI is InChI=1S/C10H14ClN3O/c1-14(6-10(13)15)9-3-2-7(5-12)4-8(9)11/h2-4H,5-6,12H2,1H3,(H2,13,15). The fourth-order valence-electron chi connectivity index (χ4n) is 1.31. The van der Waals surface area contributed by atoms with Crippen molar-refractivity contribution in [2.75, 3.05) is 18.5 Å². The molecule has 0 aliphatic rings. The van der Waals surface area contributed by atoms with E-state index in [0.717, 1.165) is 11.3 Å². The molecule has 0 spiro atoms. The van der Waals surface area contributed by atoms with E-state index in [9.17, 15) is 4.79 Å². The molecule has 0 unspecified atom stereocenters. The van der Waals surface area contributed by atoms with E-state index in [1.54, 1.807) is 18.0 Å². The average Bonchev–Trinajstić information content (AvgIpc) is 2.16. The summed E-state index contributed by atoms with van der Waals surface area (Å²) in [4.78, 5) is 12.4. The van der Waals surface area contributed by atoms with Gasteiger partial charge in [-0.3, -0.25) is 4.79 Å². The lowest BCUT2D eigenvalue weighted by molar-refractivity contribution is -0.116. The zero-order valence-electron chi connectivity index (χ0n) is 8.53. The predicted octanol–water partition coefficient (Wildman–Crippen LogP) is 0.720. The van der Waals surface area contributed by atoms with Gasteiger partial charge in [-0.2, -0.15) is 0 Å². The van der Waals surface area contributed by atoms with Gasteiger partial charge in [0.1, 0.15) is 0 Å². The van der Waals surface area contributed by atoms with Crippen molar-refractivity contribution in [3.63, 3.8) is 0 Å². The second-order valence-corrected chi connectivity index (χ2v) is 3.72. The molecule has 0 saturated carbocycles. The summed E-state index contributed by atoms with van der Waals surface area (Å²) in [6.07, 6.45) is 0. The lowest BCUT2D eigenvalue weighted by Gasteiger charge is -2.19. The minimum atomic E-state index is -0.392. The van der Waals surface area contributed by atoms with Gasteiger partial charge in [-0.1, -0.05) is 17.7 Å². The quantitative estimate of drug-likeness (QED) is 0.796. The van der Waals surface area contributed by atoms with E-state index in [-0.39, 0.29) is 6.54 Å². The first-order chi connectivity index (χ1) is 7.04. The molecule has 1 aromatic carbocycles. The Morgan fingerprint density at radius 2 is 2.20 bits per heavy atom. The molecule has 1 rings (SSSR count). The van der Waals surface area contributed by atoms with Crippen LogP contribution in [0.3, 0.4) is 0 Å². The molecule has 4 N–H and O–H groups in total. The maximum absolute atomic E-state index is 10.7. The number of nitrogens with two attached hydrogens (primary N) is 2. The Morgan fingerprint density at radius 1 is 1.53 bits per heavy atom. The molecule has 0 atom stereocenters. The first-order valence-corrected chi connectivity index (χ1v) is 4.90. The molecule has 5 heteroatoms. The number of likely N-dealkylation sites (N-methyl/N-ethyl adjacent to an activating group) is 1. The molecule has 0 fully saturated rings. The van der Waals surface area contributed by atoms with Gasteiger partial charge >= 0.3 is 0 Å². The fourth-order valence-corrected chi connectivity index (χ4v) is 1.65. The second kappa shape index (κ2) is 5.00. The molecule has 1 aromatic rings. The van der Waals surface area contributed by atoms with Gasteiger partial charge in [-0.25, -0.2) is 0 Å². The average molecular weight is 228 g/mol. The lowest BCUT2D eigenvalue weighted by Crippen LogP contribution is -2.30. The molecule has 0 saturated heterocycles. The van der Waals surface area contributed by atoms with Crippen LogP contribution in [0.25, 0.3) is 0 Å². The van der Waals surface area contributed by atoms with Crippen LogP contribution >= 0.6 is 11.6 Å². The zero-order valence-corrected chi connectivity index (χ0v) is 9.29. The molecule has 82 valence electrons. The van der Waals surface area contributed by atoms with Crippen LogP contribution in [0.1, 0.15) is 5.56 Å². The van der Waals surface area contributed by atoms with Crippen molar-refractivity contribution in [1.82, 2.24) is 0 Å². The summed E-state index contributed by atoms with van der Waals surface area (Å²) in [6.45, 7) is 0.585. The summed E-state index contributed by atoms with van der Waals surface area (Å²) in [7, 11) is 1.76. The minimum absolute atomic E-state index is 0.141. The van der Waals surface area contributed by atoms with Gasteiger partial charge in [-0.05, 0) is 17.7 Å². The highest BCUT2D eigenvalue weighted by molar-refractivity contribution is 6.33. The minimum Gasteiger partial charge on any atom is -0.368 e. The zero-order chi connectivity index (χ0) is 11.4. The van der Waals surface area contributed by atoms with Crippen molar-refractivity contribution < 1.29 is 4.79 Å². The van der Waals surface area contributed by atoms with E-state index < -0.39 is 5.91 Å². The molecule has 0 bridgehead atoms. The van der Waals surface area contributed by atoms with Gasteiger partial charge in [0.2, 0.25) is 5.91 Å². The van der Waals surface area contributed by atoms with Gasteiger partial charge in [0.05, 0.1) is 17.3 Å². The topological polar surface area (TPSA) is 72.3 Å². The number of nitrogens with zero attached hydrogens (tertiary/aromatic N) is 1. The number of rotatable bonds is 4. The summed E-state index contributed by atoms with van der Waals surface area (Å²) in [6, 6.07) is 5.49. The first-order valence-electron chi connectivity index (χ1n) is 4.52. The maximum atomic E-state index is 10.7. The highest BCUT2D eigenvalue weighted by Gasteiger charge is 2.08. The number of benzene rings is 1. The summed E-state index contributed by atoms with van der Waals surface area (Å²) in [5, 5.41) is 0.571. The molecule has 1 amide bonds.